The highest BCUT2D eigenvalue weighted by atomic mass is 32.2. The quantitative estimate of drug-likeness (QED) is 0.587. The molecular formula is C11H10FNO2S. The molecule has 16 heavy (non-hydrogen) atoms. The maximum atomic E-state index is 13.6. The predicted molar refractivity (Wildman–Crippen MR) is 63.0 cm³/mol. The molecule has 0 atom stereocenters. The lowest BCUT2D eigenvalue weighted by Gasteiger charge is -2.13. The number of halogens is 1. The molecule has 1 aromatic rings. The van der Waals surface area contributed by atoms with Crippen LogP contribution in [-0.4, -0.2) is 16.4 Å². The number of nitro benzene ring substituents is 1. The van der Waals surface area contributed by atoms with Crippen LogP contribution in [0.25, 0.3) is 5.57 Å². The van der Waals surface area contributed by atoms with Crippen LogP contribution in [-0.2, 0) is 0 Å². The number of non-ortho nitro benzene ring substituents is 1. The molecule has 0 unspecified atom stereocenters. The van der Waals surface area contributed by atoms with Crippen molar-refractivity contribution in [3.63, 3.8) is 0 Å². The van der Waals surface area contributed by atoms with Crippen LogP contribution in [0.5, 0.6) is 0 Å². The van der Waals surface area contributed by atoms with E-state index in [0.29, 0.717) is 5.56 Å². The molecule has 84 valence electrons. The third kappa shape index (κ3) is 2.24. The molecule has 0 spiro atoms. The Morgan fingerprint density at radius 1 is 1.44 bits per heavy atom. The molecule has 1 aromatic carbocycles. The lowest BCUT2D eigenvalue weighted by atomic mass is 10.0. The summed E-state index contributed by atoms with van der Waals surface area (Å²) in [6.45, 7) is 0. The summed E-state index contributed by atoms with van der Waals surface area (Å²) >= 11 is 1.80. The van der Waals surface area contributed by atoms with Gasteiger partial charge in [0, 0.05) is 17.4 Å². The van der Waals surface area contributed by atoms with Crippen LogP contribution >= 0.6 is 11.8 Å². The highest BCUT2D eigenvalue weighted by Crippen LogP contribution is 2.29. The minimum absolute atomic E-state index is 0.202. The van der Waals surface area contributed by atoms with Gasteiger partial charge in [-0.15, -0.1) is 0 Å². The zero-order valence-electron chi connectivity index (χ0n) is 8.48. The Morgan fingerprint density at radius 2 is 2.25 bits per heavy atom. The van der Waals surface area contributed by atoms with Gasteiger partial charge >= 0.3 is 0 Å². The number of nitrogens with zero attached hydrogens (tertiary/aromatic N) is 1. The first-order valence-corrected chi connectivity index (χ1v) is 6.05. The summed E-state index contributed by atoms with van der Waals surface area (Å²) in [5.41, 5.74) is 1.24. The molecule has 0 amide bonds. The molecular weight excluding hydrogens is 229 g/mol. The summed E-state index contributed by atoms with van der Waals surface area (Å²) in [6.07, 6.45) is 2.80. The van der Waals surface area contributed by atoms with Crippen LogP contribution in [0.1, 0.15) is 12.0 Å². The average molecular weight is 239 g/mol. The van der Waals surface area contributed by atoms with Crippen LogP contribution in [0.2, 0.25) is 0 Å². The lowest BCUT2D eigenvalue weighted by molar-refractivity contribution is -0.385. The van der Waals surface area contributed by atoms with Crippen molar-refractivity contribution in [2.45, 2.75) is 6.42 Å². The van der Waals surface area contributed by atoms with Gasteiger partial charge in [-0.2, -0.15) is 11.8 Å². The zero-order chi connectivity index (χ0) is 11.5. The second-order valence-electron chi connectivity index (χ2n) is 3.48. The number of allylic oxidation sites excluding steroid dienone is 1. The molecule has 0 saturated carbocycles. The third-order valence-corrected chi connectivity index (χ3v) is 3.37. The van der Waals surface area contributed by atoms with Crippen molar-refractivity contribution in [3.05, 3.63) is 45.8 Å². The topological polar surface area (TPSA) is 43.1 Å². The predicted octanol–water partition coefficient (Wildman–Crippen LogP) is 3.25. The Kier molecular flexibility index (Phi) is 3.24. The number of nitro groups is 1. The Bertz CT molecular complexity index is 459. The Labute approximate surface area is 96.5 Å². The van der Waals surface area contributed by atoms with Gasteiger partial charge in [0.15, 0.2) is 0 Å². The fraction of sp³-hybridized carbons (Fsp3) is 0.273. The van der Waals surface area contributed by atoms with E-state index in [1.165, 1.54) is 12.1 Å². The number of benzene rings is 1. The van der Waals surface area contributed by atoms with E-state index in [2.05, 4.69) is 0 Å². The van der Waals surface area contributed by atoms with Crippen LogP contribution < -0.4 is 0 Å². The van der Waals surface area contributed by atoms with E-state index in [1.807, 2.05) is 6.08 Å². The van der Waals surface area contributed by atoms with Crippen LogP contribution in [0, 0.1) is 15.9 Å². The van der Waals surface area contributed by atoms with Gasteiger partial charge in [0.25, 0.3) is 5.69 Å². The van der Waals surface area contributed by atoms with Crippen molar-refractivity contribution >= 4 is 23.0 Å². The fourth-order valence-corrected chi connectivity index (χ4v) is 2.50. The number of hydrogen-bond donors (Lipinski definition) is 0. The molecule has 0 aliphatic carbocycles. The molecule has 2 rings (SSSR count). The summed E-state index contributed by atoms with van der Waals surface area (Å²) in [7, 11) is 0. The minimum atomic E-state index is -0.585. The molecule has 0 bridgehead atoms. The molecule has 1 aliphatic rings. The van der Waals surface area contributed by atoms with Gasteiger partial charge in [0.2, 0.25) is 0 Å². The molecule has 0 N–H and O–H groups in total. The smallest absolute Gasteiger partial charge is 0.258 e. The van der Waals surface area contributed by atoms with Gasteiger partial charge in [-0.1, -0.05) is 6.08 Å². The van der Waals surface area contributed by atoms with Gasteiger partial charge in [0.1, 0.15) is 5.82 Å². The van der Waals surface area contributed by atoms with E-state index in [9.17, 15) is 14.5 Å². The summed E-state index contributed by atoms with van der Waals surface area (Å²) < 4.78 is 13.6. The molecule has 1 aliphatic heterocycles. The van der Waals surface area contributed by atoms with Gasteiger partial charge in [-0.25, -0.2) is 4.39 Å². The Balaban J connectivity index is 2.35. The molecule has 1 heterocycles. The highest BCUT2D eigenvalue weighted by Gasteiger charge is 2.14. The van der Waals surface area contributed by atoms with Crippen molar-refractivity contribution in [2.75, 3.05) is 11.5 Å². The zero-order valence-corrected chi connectivity index (χ0v) is 9.30. The number of rotatable bonds is 2. The molecule has 0 fully saturated rings. The molecule has 3 nitrogen and oxygen atoms in total. The summed E-state index contributed by atoms with van der Waals surface area (Å²) in [4.78, 5) is 9.88. The fourth-order valence-electron chi connectivity index (χ4n) is 1.65. The van der Waals surface area contributed by atoms with Crippen LogP contribution in [0.3, 0.4) is 0 Å². The minimum Gasteiger partial charge on any atom is -0.258 e. The van der Waals surface area contributed by atoms with E-state index in [0.717, 1.165) is 29.6 Å². The van der Waals surface area contributed by atoms with E-state index >= 15 is 0 Å². The standard InChI is InChI=1S/C11H10FNO2S/c12-11-7-9(13(14)15)1-2-10(11)8-3-5-16-6-4-8/h1-3,7H,4-6H2. The maximum Gasteiger partial charge on any atom is 0.272 e. The molecule has 5 heteroatoms. The van der Waals surface area contributed by atoms with Gasteiger partial charge in [-0.3, -0.25) is 10.1 Å². The first kappa shape index (κ1) is 11.1. The maximum absolute atomic E-state index is 13.6. The lowest BCUT2D eigenvalue weighted by Crippen LogP contribution is -1.99. The van der Waals surface area contributed by atoms with Crippen LogP contribution in [0.4, 0.5) is 10.1 Å². The summed E-state index contributed by atoms with van der Waals surface area (Å²) in [6, 6.07) is 3.83. The summed E-state index contributed by atoms with van der Waals surface area (Å²) in [5, 5.41) is 10.5. The SMILES string of the molecule is O=[N+]([O-])c1ccc(C2=CCSCC2)c(F)c1. The normalized spacial score (nSPS) is 15.7. The first-order chi connectivity index (χ1) is 7.68. The molecule has 0 saturated heterocycles. The van der Waals surface area contributed by atoms with Crippen molar-refractivity contribution in [1.82, 2.24) is 0 Å². The van der Waals surface area contributed by atoms with Crippen molar-refractivity contribution < 1.29 is 9.31 Å². The molecule has 0 radical (unpaired) electrons. The van der Waals surface area contributed by atoms with Gasteiger partial charge in [-0.05, 0) is 23.8 Å². The largest absolute Gasteiger partial charge is 0.272 e. The number of hydrogen-bond acceptors (Lipinski definition) is 3. The van der Waals surface area contributed by atoms with Crippen LogP contribution in [0.15, 0.2) is 24.3 Å². The van der Waals surface area contributed by atoms with Gasteiger partial charge in [0.05, 0.1) is 11.0 Å². The van der Waals surface area contributed by atoms with Crippen molar-refractivity contribution in [1.29, 1.82) is 0 Å². The monoisotopic (exact) mass is 239 g/mol. The van der Waals surface area contributed by atoms with E-state index in [4.69, 9.17) is 0 Å². The summed E-state index contributed by atoms with van der Waals surface area (Å²) in [5.74, 6) is 1.35. The van der Waals surface area contributed by atoms with E-state index in [-0.39, 0.29) is 5.69 Å². The first-order valence-electron chi connectivity index (χ1n) is 4.89. The van der Waals surface area contributed by atoms with E-state index < -0.39 is 10.7 Å². The Hall–Kier alpha value is -1.36. The van der Waals surface area contributed by atoms with E-state index in [1.54, 1.807) is 11.8 Å². The Morgan fingerprint density at radius 3 is 2.81 bits per heavy atom. The van der Waals surface area contributed by atoms with Crippen molar-refractivity contribution in [3.8, 4) is 0 Å². The molecule has 0 aromatic heterocycles. The highest BCUT2D eigenvalue weighted by molar-refractivity contribution is 7.99. The third-order valence-electron chi connectivity index (χ3n) is 2.47. The van der Waals surface area contributed by atoms with Crippen molar-refractivity contribution in [2.24, 2.45) is 0 Å². The second kappa shape index (κ2) is 4.65. The average Bonchev–Trinajstić information content (AvgIpc) is 2.30. The second-order valence-corrected chi connectivity index (χ2v) is 4.63. The van der Waals surface area contributed by atoms with Gasteiger partial charge < -0.3 is 0 Å². The number of thioether (sulfide) groups is 1.